The molecule has 0 bridgehead atoms. The van der Waals surface area contributed by atoms with Gasteiger partial charge in [-0.05, 0) is 93.1 Å². The van der Waals surface area contributed by atoms with Crippen molar-refractivity contribution < 1.29 is 63.5 Å². The fourth-order valence-electron chi connectivity index (χ4n) is 11.0. The molecule has 52 heavy (non-hydrogen) atoms. The smallest absolute Gasteiger partial charge is 0.335 e. The molecule has 3 saturated carbocycles. The van der Waals surface area contributed by atoms with Crippen LogP contribution in [0.15, 0.2) is 39.3 Å². The van der Waals surface area contributed by atoms with Gasteiger partial charge in [0.2, 0.25) is 0 Å². The molecule has 7 rings (SSSR count). The molecule has 290 valence electrons. The lowest BCUT2D eigenvalue weighted by atomic mass is 9.45. The summed E-state index contributed by atoms with van der Waals surface area (Å²) >= 11 is 0. The van der Waals surface area contributed by atoms with Crippen LogP contribution in [-0.4, -0.2) is 116 Å². The van der Waals surface area contributed by atoms with E-state index in [4.69, 9.17) is 28.1 Å². The molecule has 0 amide bonds. The van der Waals surface area contributed by atoms with Crippen molar-refractivity contribution in [2.24, 2.45) is 22.7 Å². The Bertz CT molecular complexity index is 1540. The van der Waals surface area contributed by atoms with Gasteiger partial charge in [-0.25, -0.2) is 4.79 Å². The van der Waals surface area contributed by atoms with E-state index in [0.717, 1.165) is 44.1 Å². The van der Waals surface area contributed by atoms with Gasteiger partial charge in [-0.2, -0.15) is 0 Å². The molecule has 2 saturated heterocycles. The number of hydrogen-bond acceptors (Lipinski definition) is 14. The number of carbonyl (C=O) groups is 1. The van der Waals surface area contributed by atoms with Crippen molar-refractivity contribution in [3.05, 3.63) is 46.0 Å². The molecule has 1 aromatic rings. The van der Waals surface area contributed by atoms with E-state index in [-0.39, 0.29) is 34.2 Å². The Kier molecular flexibility index (Phi) is 10.3. The minimum atomic E-state index is -1.70. The third-order valence-corrected chi connectivity index (χ3v) is 13.9. The van der Waals surface area contributed by atoms with E-state index in [0.29, 0.717) is 12.8 Å². The van der Waals surface area contributed by atoms with Crippen LogP contribution < -0.4 is 5.63 Å². The Labute approximate surface area is 302 Å². The molecular formula is C38H54O14. The van der Waals surface area contributed by atoms with Crippen molar-refractivity contribution in [2.75, 3.05) is 6.61 Å². The summed E-state index contributed by atoms with van der Waals surface area (Å²) in [4.78, 5) is 23.9. The Morgan fingerprint density at radius 1 is 0.885 bits per heavy atom. The number of aliphatic hydroxyl groups is 6. The highest BCUT2D eigenvalue weighted by molar-refractivity contribution is 5.66. The molecule has 5 fully saturated rings. The maximum Gasteiger partial charge on any atom is 0.335 e. The third kappa shape index (κ3) is 6.20. The van der Waals surface area contributed by atoms with Gasteiger partial charge in [-0.1, -0.05) is 25.5 Å². The molecule has 3 heterocycles. The Balaban J connectivity index is 1.05. The first-order valence-corrected chi connectivity index (χ1v) is 18.8. The van der Waals surface area contributed by atoms with E-state index >= 15 is 0 Å². The maximum absolute atomic E-state index is 12.6. The number of ether oxygens (including phenoxy) is 5. The van der Waals surface area contributed by atoms with Crippen LogP contribution in [0, 0.1) is 22.7 Å². The van der Waals surface area contributed by atoms with Crippen LogP contribution in [0.3, 0.4) is 0 Å². The van der Waals surface area contributed by atoms with Crippen LogP contribution in [0.25, 0.3) is 0 Å². The first-order valence-electron chi connectivity index (χ1n) is 18.8. The Morgan fingerprint density at radius 2 is 1.65 bits per heavy atom. The van der Waals surface area contributed by atoms with Gasteiger partial charge in [-0.15, -0.1) is 0 Å². The number of carbonyl (C=O) groups excluding carboxylic acids is 1. The van der Waals surface area contributed by atoms with E-state index in [2.05, 4.69) is 19.9 Å². The van der Waals surface area contributed by atoms with Crippen molar-refractivity contribution >= 4 is 5.97 Å². The maximum atomic E-state index is 12.6. The van der Waals surface area contributed by atoms with Gasteiger partial charge < -0.3 is 58.7 Å². The number of hydrogen-bond donors (Lipinski definition) is 6. The summed E-state index contributed by atoms with van der Waals surface area (Å²) in [7, 11) is 0. The van der Waals surface area contributed by atoms with Crippen LogP contribution >= 0.6 is 0 Å². The van der Waals surface area contributed by atoms with Gasteiger partial charge in [0.15, 0.2) is 18.7 Å². The molecule has 14 heteroatoms. The predicted molar refractivity (Wildman–Crippen MR) is 180 cm³/mol. The van der Waals surface area contributed by atoms with Crippen molar-refractivity contribution in [1.29, 1.82) is 0 Å². The van der Waals surface area contributed by atoms with Crippen LogP contribution in [0.5, 0.6) is 0 Å². The second kappa shape index (κ2) is 14.1. The van der Waals surface area contributed by atoms with Crippen molar-refractivity contribution in [3.63, 3.8) is 0 Å². The molecule has 0 radical (unpaired) electrons. The zero-order valence-corrected chi connectivity index (χ0v) is 30.2. The Morgan fingerprint density at radius 3 is 2.35 bits per heavy atom. The van der Waals surface area contributed by atoms with Crippen molar-refractivity contribution in [1.82, 2.24) is 0 Å². The molecule has 0 spiro atoms. The molecule has 14 nitrogen and oxygen atoms in total. The summed E-state index contributed by atoms with van der Waals surface area (Å²) < 4.78 is 34.7. The average molecular weight is 735 g/mol. The molecule has 1 aromatic heterocycles. The Hall–Kier alpha value is -2.24. The fourth-order valence-corrected chi connectivity index (χ4v) is 11.0. The summed E-state index contributed by atoms with van der Waals surface area (Å²) in [5.41, 5.74) is 0.549. The van der Waals surface area contributed by atoms with E-state index in [9.17, 15) is 40.2 Å². The number of rotatable bonds is 7. The van der Waals surface area contributed by atoms with E-state index in [1.807, 2.05) is 6.07 Å². The number of fused-ring (bicyclic) bond motifs is 5. The fraction of sp³-hybridized carbons (Fsp3) is 0.789. The van der Waals surface area contributed by atoms with Gasteiger partial charge in [0, 0.05) is 18.4 Å². The lowest BCUT2D eigenvalue weighted by Gasteiger charge is -2.62. The molecule has 4 aliphatic carbocycles. The number of aliphatic hydroxyl groups excluding tert-OH is 5. The molecule has 0 aromatic carbocycles. The first kappa shape index (κ1) is 38.1. The zero-order valence-electron chi connectivity index (χ0n) is 30.2. The molecule has 0 unspecified atom stereocenters. The summed E-state index contributed by atoms with van der Waals surface area (Å²) in [6, 6.07) is 3.31. The molecular weight excluding hydrogens is 680 g/mol. The highest BCUT2D eigenvalue weighted by Crippen LogP contribution is 2.70. The molecule has 6 N–H and O–H groups in total. The van der Waals surface area contributed by atoms with Gasteiger partial charge in [0.25, 0.3) is 0 Å². The average Bonchev–Trinajstić information content (AvgIpc) is 3.39. The molecule has 6 aliphatic rings. The van der Waals surface area contributed by atoms with Crippen LogP contribution in [-0.2, 0) is 28.5 Å². The summed E-state index contributed by atoms with van der Waals surface area (Å²) in [6.07, 6.45) is -3.91. The van der Waals surface area contributed by atoms with Gasteiger partial charge in [0.05, 0.1) is 30.7 Å². The van der Waals surface area contributed by atoms with Crippen LogP contribution in [0.4, 0.5) is 0 Å². The lowest BCUT2D eigenvalue weighted by Crippen LogP contribution is -2.64. The lowest BCUT2D eigenvalue weighted by molar-refractivity contribution is -0.358. The predicted octanol–water partition coefficient (Wildman–Crippen LogP) is 1.41. The van der Waals surface area contributed by atoms with E-state index in [1.54, 1.807) is 13.2 Å². The highest BCUT2D eigenvalue weighted by Gasteiger charge is 2.67. The highest BCUT2D eigenvalue weighted by atomic mass is 16.7. The van der Waals surface area contributed by atoms with Crippen LogP contribution in [0.1, 0.15) is 90.5 Å². The SMILES string of the molecule is CC(=O)O[C@H]1[C@H](O[C@@H]2C=C3CC[C@@H]4[C@H](CC[C@]5(C)[C@@H](c6ccc(=O)oc6)CC[C@]45O)[C@@]3(C)CC2)O[C@@H](C)[C@H](O[C@H]2O[C@@H](CO)[C@H](O)[C@@H](O)[C@@H]2O)[C@H]1O. The van der Waals surface area contributed by atoms with Gasteiger partial charge in [0.1, 0.15) is 36.6 Å². The minimum Gasteiger partial charge on any atom is -0.454 e. The van der Waals surface area contributed by atoms with Crippen molar-refractivity contribution in [3.8, 4) is 0 Å². The minimum absolute atomic E-state index is 0.109. The van der Waals surface area contributed by atoms with Gasteiger partial charge in [-0.3, -0.25) is 4.79 Å². The molecule has 2 aliphatic heterocycles. The largest absolute Gasteiger partial charge is 0.454 e. The van der Waals surface area contributed by atoms with Crippen molar-refractivity contribution in [2.45, 2.75) is 158 Å². The normalized spacial score (nSPS) is 48.9. The standard InChI is InChI=1S/C38H54O14/c1-18-32(52-34-30(44)29(43)28(42)26(16-39)51-34)31(45)33(49-19(2)40)35(48-18)50-22-9-12-36(3)21(15-22)6-7-25-24(36)10-13-37(4)23(11-14-38(25,37)46)20-5-8-27(41)47-17-20/h5,8,15,17-18,22-26,28-35,39,42-46H,6-7,9-14,16H2,1-4H3/t18-,22-,23+,24-,25+,26-,28-,29+,30-,31+,32-,33+,34+,35-,36-,37+,38-/m0/s1. The number of allylic oxidation sites excluding steroid dienone is 1. The van der Waals surface area contributed by atoms with E-state index in [1.165, 1.54) is 18.6 Å². The first-order chi connectivity index (χ1) is 24.6. The number of esters is 1. The summed E-state index contributed by atoms with van der Waals surface area (Å²) in [5, 5.41) is 64.5. The summed E-state index contributed by atoms with van der Waals surface area (Å²) in [5.74, 6) is -0.167. The van der Waals surface area contributed by atoms with E-state index < -0.39 is 85.7 Å². The molecule has 17 atom stereocenters. The second-order valence-corrected chi connectivity index (χ2v) is 16.5. The monoisotopic (exact) mass is 734 g/mol. The zero-order chi connectivity index (χ0) is 37.3. The van der Waals surface area contributed by atoms with Gasteiger partial charge >= 0.3 is 11.6 Å². The second-order valence-electron chi connectivity index (χ2n) is 16.5. The third-order valence-electron chi connectivity index (χ3n) is 13.9. The quantitative estimate of drug-likeness (QED) is 0.173. The summed E-state index contributed by atoms with van der Waals surface area (Å²) in [6.45, 7) is 6.70. The topological polar surface area (TPSA) is 215 Å². The van der Waals surface area contributed by atoms with Crippen LogP contribution in [0.2, 0.25) is 0 Å².